The van der Waals surface area contributed by atoms with Crippen LogP contribution in [-0.4, -0.2) is 18.6 Å². The van der Waals surface area contributed by atoms with Crippen molar-refractivity contribution in [3.63, 3.8) is 0 Å². The first-order valence-electron chi connectivity index (χ1n) is 5.39. The van der Waals surface area contributed by atoms with Gasteiger partial charge >= 0.3 is 0 Å². The van der Waals surface area contributed by atoms with E-state index in [2.05, 4.69) is 44.6 Å². The van der Waals surface area contributed by atoms with Crippen molar-refractivity contribution in [1.29, 1.82) is 0 Å². The third-order valence-corrected chi connectivity index (χ3v) is 3.60. The molecule has 1 aliphatic heterocycles. The van der Waals surface area contributed by atoms with Crippen LogP contribution in [0.2, 0.25) is 0 Å². The molecule has 14 heavy (non-hydrogen) atoms. The molecule has 0 aromatic heterocycles. The number of hydrogen-bond donors (Lipinski definition) is 0. The molecule has 1 heterocycles. The fourth-order valence-corrected chi connectivity index (χ4v) is 1.28. The Morgan fingerprint density at radius 3 is 2.29 bits per heavy atom. The van der Waals surface area contributed by atoms with E-state index in [1.807, 2.05) is 6.21 Å². The van der Waals surface area contributed by atoms with E-state index in [0.29, 0.717) is 10.8 Å². The highest BCUT2D eigenvalue weighted by Crippen LogP contribution is 2.41. The van der Waals surface area contributed by atoms with Gasteiger partial charge in [0.2, 0.25) is 0 Å². The van der Waals surface area contributed by atoms with Crippen LogP contribution in [0, 0.1) is 10.8 Å². The summed E-state index contributed by atoms with van der Waals surface area (Å²) < 4.78 is 0. The zero-order chi connectivity index (χ0) is 10.8. The van der Waals surface area contributed by atoms with Crippen LogP contribution >= 0.6 is 0 Å². The van der Waals surface area contributed by atoms with Crippen molar-refractivity contribution in [3.8, 4) is 0 Å². The van der Waals surface area contributed by atoms with E-state index >= 15 is 0 Å². The standard InChI is InChI=1S/C12H22N2/c1-11(2,3)12(4,5)7-6-10-13-8-9-14-10/h8H,6-7,9H2,1-5H3. The summed E-state index contributed by atoms with van der Waals surface area (Å²) in [5.74, 6) is 1.03. The zero-order valence-electron chi connectivity index (χ0n) is 10.1. The second kappa shape index (κ2) is 3.84. The number of nitrogens with zero attached hydrogens (tertiary/aromatic N) is 2. The molecule has 0 N–H and O–H groups in total. The topological polar surface area (TPSA) is 24.7 Å². The molecule has 80 valence electrons. The third kappa shape index (κ3) is 2.66. The molecular formula is C12H22N2. The van der Waals surface area contributed by atoms with Crippen molar-refractivity contribution >= 4 is 12.1 Å². The van der Waals surface area contributed by atoms with E-state index in [1.54, 1.807) is 0 Å². The van der Waals surface area contributed by atoms with Crippen LogP contribution in [0.1, 0.15) is 47.5 Å². The quantitative estimate of drug-likeness (QED) is 0.658. The summed E-state index contributed by atoms with van der Waals surface area (Å²) in [5.41, 5.74) is 0.684. The third-order valence-electron chi connectivity index (χ3n) is 3.60. The Morgan fingerprint density at radius 2 is 1.86 bits per heavy atom. The summed E-state index contributed by atoms with van der Waals surface area (Å²) in [5, 5.41) is 0. The lowest BCUT2D eigenvalue weighted by atomic mass is 9.67. The van der Waals surface area contributed by atoms with E-state index in [1.165, 1.54) is 0 Å². The van der Waals surface area contributed by atoms with Crippen LogP contribution < -0.4 is 0 Å². The Hall–Kier alpha value is -0.660. The lowest BCUT2D eigenvalue weighted by Gasteiger charge is -2.39. The van der Waals surface area contributed by atoms with Crippen LogP contribution in [0.5, 0.6) is 0 Å². The molecule has 0 saturated carbocycles. The maximum absolute atomic E-state index is 4.32. The van der Waals surface area contributed by atoms with E-state index < -0.39 is 0 Å². The van der Waals surface area contributed by atoms with Crippen LogP contribution in [-0.2, 0) is 0 Å². The molecule has 0 fully saturated rings. The van der Waals surface area contributed by atoms with Gasteiger partial charge in [0, 0.05) is 12.6 Å². The summed E-state index contributed by atoms with van der Waals surface area (Å²) in [6.45, 7) is 12.3. The summed E-state index contributed by atoms with van der Waals surface area (Å²) >= 11 is 0. The monoisotopic (exact) mass is 194 g/mol. The number of rotatable bonds is 3. The molecule has 0 aromatic carbocycles. The molecule has 0 amide bonds. The molecule has 0 bridgehead atoms. The summed E-state index contributed by atoms with van der Waals surface area (Å²) in [6, 6.07) is 0. The molecule has 1 aliphatic rings. The minimum atomic E-state index is 0.341. The molecule has 0 aromatic rings. The maximum atomic E-state index is 4.32. The van der Waals surface area contributed by atoms with Gasteiger partial charge < -0.3 is 0 Å². The Bertz CT molecular complexity index is 254. The molecular weight excluding hydrogens is 172 g/mol. The highest BCUT2D eigenvalue weighted by Gasteiger charge is 2.32. The number of hydrogen-bond acceptors (Lipinski definition) is 2. The second-order valence-electron chi connectivity index (χ2n) is 5.70. The van der Waals surface area contributed by atoms with Crippen molar-refractivity contribution < 1.29 is 0 Å². The first-order chi connectivity index (χ1) is 6.33. The Balaban J connectivity index is 2.48. The Kier molecular flexibility index (Phi) is 3.13. The first-order valence-corrected chi connectivity index (χ1v) is 5.39. The van der Waals surface area contributed by atoms with Gasteiger partial charge in [0.05, 0.1) is 6.54 Å². The number of amidine groups is 1. The highest BCUT2D eigenvalue weighted by molar-refractivity contribution is 5.94. The van der Waals surface area contributed by atoms with Gasteiger partial charge in [0.25, 0.3) is 0 Å². The zero-order valence-corrected chi connectivity index (χ0v) is 10.1. The Morgan fingerprint density at radius 1 is 1.21 bits per heavy atom. The van der Waals surface area contributed by atoms with Crippen LogP contribution in [0.25, 0.3) is 0 Å². The van der Waals surface area contributed by atoms with E-state index in [-0.39, 0.29) is 0 Å². The van der Waals surface area contributed by atoms with E-state index in [9.17, 15) is 0 Å². The fraction of sp³-hybridized carbons (Fsp3) is 0.833. The highest BCUT2D eigenvalue weighted by atomic mass is 15.0. The van der Waals surface area contributed by atoms with Gasteiger partial charge in [-0.05, 0) is 17.3 Å². The fourth-order valence-electron chi connectivity index (χ4n) is 1.28. The summed E-state index contributed by atoms with van der Waals surface area (Å²) in [4.78, 5) is 8.56. The lowest BCUT2D eigenvalue weighted by Crippen LogP contribution is -2.30. The molecule has 0 unspecified atom stereocenters. The van der Waals surface area contributed by atoms with Crippen LogP contribution in [0.15, 0.2) is 9.98 Å². The smallest absolute Gasteiger partial charge is 0.123 e. The minimum Gasteiger partial charge on any atom is -0.265 e. The molecule has 0 spiro atoms. The first kappa shape index (κ1) is 11.4. The maximum Gasteiger partial charge on any atom is 0.123 e. The van der Waals surface area contributed by atoms with Gasteiger partial charge in [-0.25, -0.2) is 4.99 Å². The number of aliphatic imine (C=N–C) groups is 2. The van der Waals surface area contributed by atoms with Gasteiger partial charge in [-0.15, -0.1) is 0 Å². The van der Waals surface area contributed by atoms with Crippen molar-refractivity contribution in [2.75, 3.05) is 6.54 Å². The van der Waals surface area contributed by atoms with Crippen molar-refractivity contribution in [3.05, 3.63) is 0 Å². The van der Waals surface area contributed by atoms with Crippen molar-refractivity contribution in [2.45, 2.75) is 47.5 Å². The second-order valence-corrected chi connectivity index (χ2v) is 5.70. The van der Waals surface area contributed by atoms with E-state index in [0.717, 1.165) is 25.2 Å². The average molecular weight is 194 g/mol. The minimum absolute atomic E-state index is 0.341. The van der Waals surface area contributed by atoms with E-state index in [4.69, 9.17) is 0 Å². The molecule has 0 radical (unpaired) electrons. The SMILES string of the molecule is CC(C)(C)C(C)(C)CCC1=NCC=N1. The van der Waals surface area contributed by atoms with Gasteiger partial charge in [0.1, 0.15) is 5.84 Å². The molecule has 2 nitrogen and oxygen atoms in total. The molecule has 1 rings (SSSR count). The van der Waals surface area contributed by atoms with Gasteiger partial charge in [-0.2, -0.15) is 0 Å². The van der Waals surface area contributed by atoms with Gasteiger partial charge in [-0.3, -0.25) is 4.99 Å². The summed E-state index contributed by atoms with van der Waals surface area (Å²) in [6.07, 6.45) is 4.06. The van der Waals surface area contributed by atoms with Crippen molar-refractivity contribution in [2.24, 2.45) is 20.8 Å². The molecule has 0 aliphatic carbocycles. The molecule has 0 saturated heterocycles. The predicted molar refractivity (Wildman–Crippen MR) is 63.3 cm³/mol. The largest absolute Gasteiger partial charge is 0.265 e. The van der Waals surface area contributed by atoms with Crippen LogP contribution in [0.3, 0.4) is 0 Å². The van der Waals surface area contributed by atoms with Gasteiger partial charge in [0.15, 0.2) is 0 Å². The normalized spacial score (nSPS) is 17.4. The van der Waals surface area contributed by atoms with Gasteiger partial charge in [-0.1, -0.05) is 34.6 Å². The van der Waals surface area contributed by atoms with Crippen molar-refractivity contribution in [1.82, 2.24) is 0 Å². The summed E-state index contributed by atoms with van der Waals surface area (Å²) in [7, 11) is 0. The lowest BCUT2D eigenvalue weighted by molar-refractivity contribution is 0.122. The predicted octanol–water partition coefficient (Wildman–Crippen LogP) is 3.32. The molecule has 2 heteroatoms. The van der Waals surface area contributed by atoms with Crippen LogP contribution in [0.4, 0.5) is 0 Å². The average Bonchev–Trinajstić information content (AvgIpc) is 2.50. The molecule has 0 atom stereocenters. The Labute approximate surface area is 87.5 Å².